The lowest BCUT2D eigenvalue weighted by molar-refractivity contribution is -0.139. The average molecular weight is 288 g/mol. The van der Waals surface area contributed by atoms with Crippen molar-refractivity contribution in [3.8, 4) is 0 Å². The molecule has 1 heterocycles. The molecule has 110 valence electrons. The highest BCUT2D eigenvalue weighted by molar-refractivity contribution is 5.83. The quantitative estimate of drug-likeness (QED) is 0.788. The Morgan fingerprint density at radius 3 is 2.38 bits per heavy atom. The lowest BCUT2D eigenvalue weighted by Gasteiger charge is -2.17. The first-order valence-electron chi connectivity index (χ1n) is 6.46. The van der Waals surface area contributed by atoms with Gasteiger partial charge in [0.25, 0.3) is 0 Å². The van der Waals surface area contributed by atoms with Crippen LogP contribution in [0.3, 0.4) is 0 Å². The molecule has 0 aliphatic carbocycles. The number of rotatable bonds is 5. The summed E-state index contributed by atoms with van der Waals surface area (Å²) in [5.74, 6) is -0.529. The summed E-state index contributed by atoms with van der Waals surface area (Å²) < 4.78 is 5.17. The zero-order valence-electron chi connectivity index (χ0n) is 11.4. The van der Waals surface area contributed by atoms with Gasteiger partial charge in [-0.2, -0.15) is 0 Å². The number of furan rings is 1. The van der Waals surface area contributed by atoms with Crippen LogP contribution in [0.1, 0.15) is 30.3 Å². The number of nitrogens with one attached hydrogen (secondary N) is 2. The zero-order valence-corrected chi connectivity index (χ0v) is 11.4. The van der Waals surface area contributed by atoms with E-state index in [-0.39, 0.29) is 6.04 Å². The number of urea groups is 1. The molecule has 0 radical (unpaired) electrons. The van der Waals surface area contributed by atoms with Crippen molar-refractivity contribution in [1.29, 1.82) is 0 Å². The molecule has 0 aliphatic heterocycles. The van der Waals surface area contributed by atoms with Crippen LogP contribution in [-0.4, -0.2) is 17.1 Å². The minimum absolute atomic E-state index is 0.356. The number of carboxylic acid groups (broad SMARTS) is 1. The Hall–Kier alpha value is -2.76. The van der Waals surface area contributed by atoms with Crippen molar-refractivity contribution >= 4 is 12.0 Å². The van der Waals surface area contributed by atoms with Gasteiger partial charge in [-0.05, 0) is 24.6 Å². The van der Waals surface area contributed by atoms with Gasteiger partial charge in [-0.3, -0.25) is 0 Å². The van der Waals surface area contributed by atoms with E-state index in [1.165, 1.54) is 6.26 Å². The van der Waals surface area contributed by atoms with Gasteiger partial charge in [0, 0.05) is 0 Å². The van der Waals surface area contributed by atoms with Gasteiger partial charge >= 0.3 is 12.0 Å². The SMILES string of the molecule is CC(NC(=O)NC(C(=O)O)c1ccccc1)c1ccco1. The summed E-state index contributed by atoms with van der Waals surface area (Å²) in [5, 5.41) is 14.3. The fraction of sp³-hybridized carbons (Fsp3) is 0.200. The van der Waals surface area contributed by atoms with Crippen molar-refractivity contribution in [2.24, 2.45) is 0 Å². The van der Waals surface area contributed by atoms with E-state index in [9.17, 15) is 14.7 Å². The van der Waals surface area contributed by atoms with E-state index in [4.69, 9.17) is 4.42 Å². The van der Waals surface area contributed by atoms with Gasteiger partial charge in [0.2, 0.25) is 0 Å². The standard InChI is InChI=1S/C15H16N2O4/c1-10(12-8-5-9-21-12)16-15(20)17-13(14(18)19)11-6-3-2-4-7-11/h2-10,13H,1H3,(H,18,19)(H2,16,17,20). The molecular weight excluding hydrogens is 272 g/mol. The molecule has 2 rings (SSSR count). The predicted molar refractivity (Wildman–Crippen MR) is 75.6 cm³/mol. The van der Waals surface area contributed by atoms with Crippen LogP contribution >= 0.6 is 0 Å². The molecule has 1 aromatic heterocycles. The maximum atomic E-state index is 11.9. The van der Waals surface area contributed by atoms with E-state index in [1.54, 1.807) is 49.4 Å². The topological polar surface area (TPSA) is 91.6 Å². The Balaban J connectivity index is 2.01. The van der Waals surface area contributed by atoms with E-state index in [1.807, 2.05) is 0 Å². The zero-order chi connectivity index (χ0) is 15.2. The van der Waals surface area contributed by atoms with Crippen molar-refractivity contribution in [3.05, 3.63) is 60.1 Å². The Labute approximate surface area is 121 Å². The van der Waals surface area contributed by atoms with E-state index in [0.29, 0.717) is 11.3 Å². The normalized spacial score (nSPS) is 13.2. The van der Waals surface area contributed by atoms with Gasteiger partial charge in [-0.25, -0.2) is 9.59 Å². The molecule has 2 atom stereocenters. The van der Waals surface area contributed by atoms with Crippen LogP contribution in [0.5, 0.6) is 0 Å². The number of hydrogen-bond donors (Lipinski definition) is 3. The van der Waals surface area contributed by atoms with Crippen LogP contribution in [0.4, 0.5) is 4.79 Å². The van der Waals surface area contributed by atoms with Crippen molar-refractivity contribution in [3.63, 3.8) is 0 Å². The Morgan fingerprint density at radius 2 is 1.81 bits per heavy atom. The molecule has 1 aromatic carbocycles. The molecule has 0 fully saturated rings. The molecular formula is C15H16N2O4. The minimum atomic E-state index is -1.12. The second-order valence-electron chi connectivity index (χ2n) is 4.54. The van der Waals surface area contributed by atoms with Gasteiger partial charge in [-0.15, -0.1) is 0 Å². The van der Waals surface area contributed by atoms with Crippen molar-refractivity contribution in [1.82, 2.24) is 10.6 Å². The van der Waals surface area contributed by atoms with Gasteiger partial charge in [-0.1, -0.05) is 30.3 Å². The third-order valence-corrected chi connectivity index (χ3v) is 2.97. The maximum absolute atomic E-state index is 11.9. The highest BCUT2D eigenvalue weighted by Gasteiger charge is 2.22. The Kier molecular flexibility index (Phi) is 4.61. The molecule has 0 saturated heterocycles. The summed E-state index contributed by atoms with van der Waals surface area (Å²) in [5.41, 5.74) is 0.505. The molecule has 0 bridgehead atoms. The maximum Gasteiger partial charge on any atom is 0.330 e. The summed E-state index contributed by atoms with van der Waals surface area (Å²) in [7, 11) is 0. The second kappa shape index (κ2) is 6.60. The molecule has 2 amide bonds. The fourth-order valence-corrected chi connectivity index (χ4v) is 1.91. The number of amides is 2. The number of carbonyl (C=O) groups excluding carboxylic acids is 1. The lowest BCUT2D eigenvalue weighted by atomic mass is 10.1. The van der Waals surface area contributed by atoms with E-state index in [0.717, 1.165) is 0 Å². The van der Waals surface area contributed by atoms with Crippen LogP contribution < -0.4 is 10.6 Å². The molecule has 0 spiro atoms. The largest absolute Gasteiger partial charge is 0.479 e. The fourth-order valence-electron chi connectivity index (χ4n) is 1.91. The van der Waals surface area contributed by atoms with Crippen LogP contribution in [-0.2, 0) is 4.79 Å². The van der Waals surface area contributed by atoms with Crippen LogP contribution in [0, 0.1) is 0 Å². The minimum Gasteiger partial charge on any atom is -0.479 e. The lowest BCUT2D eigenvalue weighted by Crippen LogP contribution is -2.41. The smallest absolute Gasteiger partial charge is 0.330 e. The Bertz CT molecular complexity index is 595. The van der Waals surface area contributed by atoms with Crippen molar-refractivity contribution in [2.75, 3.05) is 0 Å². The van der Waals surface area contributed by atoms with E-state index < -0.39 is 18.0 Å². The van der Waals surface area contributed by atoms with Gasteiger partial charge < -0.3 is 20.2 Å². The van der Waals surface area contributed by atoms with Gasteiger partial charge in [0.15, 0.2) is 6.04 Å². The third-order valence-electron chi connectivity index (χ3n) is 2.97. The predicted octanol–water partition coefficient (Wildman–Crippen LogP) is 2.47. The van der Waals surface area contributed by atoms with Crippen molar-refractivity contribution in [2.45, 2.75) is 19.0 Å². The first-order valence-corrected chi connectivity index (χ1v) is 6.46. The van der Waals surface area contributed by atoms with Gasteiger partial charge in [0.05, 0.1) is 12.3 Å². The van der Waals surface area contributed by atoms with Crippen LogP contribution in [0.15, 0.2) is 53.1 Å². The monoisotopic (exact) mass is 288 g/mol. The second-order valence-corrected chi connectivity index (χ2v) is 4.54. The summed E-state index contributed by atoms with van der Waals surface area (Å²) in [6.45, 7) is 1.75. The van der Waals surface area contributed by atoms with Gasteiger partial charge in [0.1, 0.15) is 5.76 Å². The highest BCUT2D eigenvalue weighted by atomic mass is 16.4. The first kappa shape index (κ1) is 14.6. The highest BCUT2D eigenvalue weighted by Crippen LogP contribution is 2.14. The number of hydrogen-bond acceptors (Lipinski definition) is 3. The molecule has 0 aliphatic rings. The molecule has 21 heavy (non-hydrogen) atoms. The number of aliphatic carboxylic acids is 1. The molecule has 2 unspecified atom stereocenters. The average Bonchev–Trinajstić information content (AvgIpc) is 2.99. The summed E-state index contributed by atoms with van der Waals surface area (Å²) in [6, 6.07) is 9.93. The summed E-state index contributed by atoms with van der Waals surface area (Å²) in [4.78, 5) is 23.2. The third kappa shape index (κ3) is 3.85. The van der Waals surface area contributed by atoms with Crippen molar-refractivity contribution < 1.29 is 19.1 Å². The molecule has 6 nitrogen and oxygen atoms in total. The number of carboxylic acids is 1. The van der Waals surface area contributed by atoms with E-state index >= 15 is 0 Å². The van der Waals surface area contributed by atoms with Crippen LogP contribution in [0.2, 0.25) is 0 Å². The Morgan fingerprint density at radius 1 is 1.10 bits per heavy atom. The number of carbonyl (C=O) groups is 2. The molecule has 2 aromatic rings. The van der Waals surface area contributed by atoms with E-state index in [2.05, 4.69) is 10.6 Å². The summed E-state index contributed by atoms with van der Waals surface area (Å²) in [6.07, 6.45) is 1.51. The molecule has 6 heteroatoms. The molecule has 3 N–H and O–H groups in total. The first-order chi connectivity index (χ1) is 10.1. The molecule has 0 saturated carbocycles. The number of benzene rings is 1. The van der Waals surface area contributed by atoms with Crippen LogP contribution in [0.25, 0.3) is 0 Å². The summed E-state index contributed by atoms with van der Waals surface area (Å²) >= 11 is 0.